The van der Waals surface area contributed by atoms with Crippen molar-refractivity contribution in [2.75, 3.05) is 0 Å². The Kier molecular flexibility index (Phi) is 5.68. The summed E-state index contributed by atoms with van der Waals surface area (Å²) in [6.07, 6.45) is 2.55. The third kappa shape index (κ3) is 3.92. The van der Waals surface area contributed by atoms with Gasteiger partial charge in [-0.05, 0) is 36.0 Å². The van der Waals surface area contributed by atoms with Gasteiger partial charge in [0.2, 0.25) is 0 Å². The zero-order valence-corrected chi connectivity index (χ0v) is 14.3. The van der Waals surface area contributed by atoms with E-state index in [1.165, 1.54) is 11.3 Å². The topological polar surface area (TPSA) is 62.7 Å². The Balaban J connectivity index is 2.28. The zero-order chi connectivity index (χ0) is 16.1. The summed E-state index contributed by atoms with van der Waals surface area (Å²) in [5.41, 5.74) is 0. The van der Waals surface area contributed by atoms with Crippen LogP contribution in [0.15, 0.2) is 30.2 Å². The average molecular weight is 336 g/mol. The van der Waals surface area contributed by atoms with Gasteiger partial charge in [0.1, 0.15) is 0 Å². The smallest absolute Gasteiger partial charge is 0.261 e. The lowest BCUT2D eigenvalue weighted by Crippen LogP contribution is -2.31. The maximum atomic E-state index is 12.4. The molecule has 7 heteroatoms. The molecule has 1 unspecified atom stereocenters. The Hall–Kier alpha value is -1.73. The van der Waals surface area contributed by atoms with E-state index in [4.69, 9.17) is 12.2 Å². The summed E-state index contributed by atoms with van der Waals surface area (Å²) in [4.78, 5) is 13.0. The summed E-state index contributed by atoms with van der Waals surface area (Å²) < 4.78 is 2.40. The molecule has 0 saturated carbocycles. The van der Waals surface area contributed by atoms with Crippen LogP contribution in [0.1, 0.15) is 41.8 Å². The average Bonchev–Trinajstić information content (AvgIpc) is 3.09. The summed E-state index contributed by atoms with van der Waals surface area (Å²) >= 11 is 6.67. The van der Waals surface area contributed by atoms with Gasteiger partial charge in [-0.25, -0.2) is 0 Å². The van der Waals surface area contributed by atoms with Gasteiger partial charge in [0.25, 0.3) is 5.91 Å². The fraction of sp³-hybridized carbons (Fsp3) is 0.400. The minimum atomic E-state index is -0.192. The molecule has 2 N–H and O–H groups in total. The minimum absolute atomic E-state index is 0.0836. The Morgan fingerprint density at radius 2 is 2.41 bits per heavy atom. The molecule has 0 aromatic carbocycles. The second-order valence-corrected chi connectivity index (χ2v) is 6.75. The predicted octanol–water partition coefficient (Wildman–Crippen LogP) is 3.71. The molecule has 0 aliphatic rings. The first kappa shape index (κ1) is 16.6. The van der Waals surface area contributed by atoms with Gasteiger partial charge < -0.3 is 5.32 Å². The van der Waals surface area contributed by atoms with Crippen LogP contribution in [0.2, 0.25) is 0 Å². The Morgan fingerprint density at radius 3 is 3.00 bits per heavy atom. The first-order chi connectivity index (χ1) is 10.5. The predicted molar refractivity (Wildman–Crippen MR) is 91.6 cm³/mol. The molecule has 0 fully saturated rings. The molecule has 0 aliphatic heterocycles. The fourth-order valence-corrected chi connectivity index (χ4v) is 3.08. The molecular formula is C15H20N4OS2. The van der Waals surface area contributed by atoms with Crippen LogP contribution in [0.4, 0.5) is 0 Å². The maximum Gasteiger partial charge on any atom is 0.261 e. The van der Waals surface area contributed by atoms with Crippen molar-refractivity contribution < 1.29 is 4.79 Å². The highest BCUT2D eigenvalue weighted by Crippen LogP contribution is 2.21. The quantitative estimate of drug-likeness (QED) is 0.598. The van der Waals surface area contributed by atoms with Crippen LogP contribution in [0.5, 0.6) is 0 Å². The van der Waals surface area contributed by atoms with E-state index in [-0.39, 0.29) is 11.9 Å². The number of thiophene rings is 1. The lowest BCUT2D eigenvalue weighted by Gasteiger charge is -2.20. The van der Waals surface area contributed by atoms with Gasteiger partial charge in [0, 0.05) is 6.54 Å². The fourth-order valence-electron chi connectivity index (χ4n) is 2.24. The van der Waals surface area contributed by atoms with Gasteiger partial charge in [-0.3, -0.25) is 14.5 Å². The van der Waals surface area contributed by atoms with E-state index in [9.17, 15) is 4.79 Å². The van der Waals surface area contributed by atoms with Crippen LogP contribution in [0.25, 0.3) is 0 Å². The van der Waals surface area contributed by atoms with Crippen molar-refractivity contribution in [3.05, 3.63) is 45.6 Å². The minimum Gasteiger partial charge on any atom is -0.341 e. The monoisotopic (exact) mass is 336 g/mol. The number of carbonyl (C=O) groups is 1. The lowest BCUT2D eigenvalue weighted by molar-refractivity contribution is 0.0933. The van der Waals surface area contributed by atoms with Crippen LogP contribution in [0, 0.1) is 10.7 Å². The number of carbonyl (C=O) groups excluding carboxylic acids is 1. The Morgan fingerprint density at radius 1 is 1.64 bits per heavy atom. The highest BCUT2D eigenvalue weighted by Gasteiger charge is 2.22. The second kappa shape index (κ2) is 7.51. The van der Waals surface area contributed by atoms with Gasteiger partial charge in [-0.1, -0.05) is 26.0 Å². The molecule has 2 aromatic rings. The normalized spacial score (nSPS) is 12.3. The van der Waals surface area contributed by atoms with Gasteiger partial charge in [-0.15, -0.1) is 17.9 Å². The lowest BCUT2D eigenvalue weighted by atomic mass is 10.0. The molecule has 0 bridgehead atoms. The van der Waals surface area contributed by atoms with Crippen LogP contribution < -0.4 is 5.32 Å². The molecule has 0 saturated heterocycles. The van der Waals surface area contributed by atoms with Crippen molar-refractivity contribution in [1.29, 1.82) is 0 Å². The largest absolute Gasteiger partial charge is 0.341 e. The summed E-state index contributed by atoms with van der Waals surface area (Å²) in [6, 6.07) is 3.49. The van der Waals surface area contributed by atoms with Gasteiger partial charge in [0.15, 0.2) is 10.6 Å². The molecule has 1 atom stereocenters. The summed E-state index contributed by atoms with van der Waals surface area (Å²) in [6.45, 7) is 8.54. The molecule has 2 heterocycles. The highest BCUT2D eigenvalue weighted by atomic mass is 32.1. The molecule has 5 nitrogen and oxygen atoms in total. The van der Waals surface area contributed by atoms with Crippen LogP contribution in [-0.2, 0) is 6.54 Å². The number of hydrogen-bond donors (Lipinski definition) is 2. The van der Waals surface area contributed by atoms with Gasteiger partial charge in [0.05, 0.1) is 10.9 Å². The molecule has 118 valence electrons. The van der Waals surface area contributed by atoms with E-state index >= 15 is 0 Å². The van der Waals surface area contributed by atoms with Crippen molar-refractivity contribution in [3.63, 3.8) is 0 Å². The number of nitrogens with one attached hydrogen (secondary N) is 2. The number of H-pyrrole nitrogens is 1. The molecule has 0 aliphatic carbocycles. The van der Waals surface area contributed by atoms with Gasteiger partial charge >= 0.3 is 0 Å². The molecule has 2 aromatic heterocycles. The van der Waals surface area contributed by atoms with E-state index in [0.29, 0.717) is 22.1 Å². The van der Waals surface area contributed by atoms with E-state index < -0.39 is 0 Å². The highest BCUT2D eigenvalue weighted by molar-refractivity contribution is 7.71. The number of hydrogen-bond acceptors (Lipinski definition) is 4. The maximum absolute atomic E-state index is 12.4. The van der Waals surface area contributed by atoms with Crippen molar-refractivity contribution in [2.24, 2.45) is 5.92 Å². The first-order valence-corrected chi connectivity index (χ1v) is 8.42. The summed E-state index contributed by atoms with van der Waals surface area (Å²) in [7, 11) is 0. The number of nitrogens with zero attached hydrogens (tertiary/aromatic N) is 2. The SMILES string of the molecule is C=CCn1c(C(CC(C)C)NC(=O)c2cccs2)n[nH]c1=S. The van der Waals surface area contributed by atoms with E-state index in [0.717, 1.165) is 12.2 Å². The number of allylic oxidation sites excluding steroid dienone is 1. The second-order valence-electron chi connectivity index (χ2n) is 5.42. The number of amides is 1. The molecule has 22 heavy (non-hydrogen) atoms. The van der Waals surface area contributed by atoms with Crippen LogP contribution in [-0.4, -0.2) is 20.7 Å². The molecule has 0 spiro atoms. The van der Waals surface area contributed by atoms with E-state index in [2.05, 4.69) is 35.9 Å². The van der Waals surface area contributed by atoms with Crippen molar-refractivity contribution in [3.8, 4) is 0 Å². The standard InChI is InChI=1S/C15H20N4OS2/c1-4-7-19-13(17-18-15(19)21)11(9-10(2)3)16-14(20)12-6-5-8-22-12/h4-6,8,10-11H,1,7,9H2,2-3H3,(H,16,20)(H,18,21). The van der Waals surface area contributed by atoms with Crippen molar-refractivity contribution >= 4 is 29.5 Å². The summed E-state index contributed by atoms with van der Waals surface area (Å²) in [5.74, 6) is 1.07. The third-order valence-electron chi connectivity index (χ3n) is 3.17. The van der Waals surface area contributed by atoms with Gasteiger partial charge in [-0.2, -0.15) is 5.10 Å². The molecule has 2 rings (SSSR count). The number of rotatable bonds is 7. The first-order valence-electron chi connectivity index (χ1n) is 7.13. The van der Waals surface area contributed by atoms with Crippen LogP contribution >= 0.6 is 23.6 Å². The third-order valence-corrected chi connectivity index (χ3v) is 4.35. The van der Waals surface area contributed by atoms with E-state index in [1.54, 1.807) is 6.08 Å². The Bertz CT molecular complexity index is 685. The molecular weight excluding hydrogens is 316 g/mol. The molecule has 0 radical (unpaired) electrons. The van der Waals surface area contributed by atoms with Crippen molar-refractivity contribution in [1.82, 2.24) is 20.1 Å². The number of aromatic amines is 1. The Labute approximate surface area is 139 Å². The summed E-state index contributed by atoms with van der Waals surface area (Å²) in [5, 5.41) is 12.1. The number of aromatic nitrogens is 3. The van der Waals surface area contributed by atoms with Crippen LogP contribution in [0.3, 0.4) is 0 Å². The van der Waals surface area contributed by atoms with Crippen molar-refractivity contribution in [2.45, 2.75) is 32.9 Å². The van der Waals surface area contributed by atoms with E-state index in [1.807, 2.05) is 22.1 Å². The molecule has 1 amide bonds. The zero-order valence-electron chi connectivity index (χ0n) is 12.7.